The van der Waals surface area contributed by atoms with Gasteiger partial charge in [-0.1, -0.05) is 0 Å². The summed E-state index contributed by atoms with van der Waals surface area (Å²) in [5, 5.41) is 10.6. The molecule has 0 aromatic heterocycles. The fourth-order valence-corrected chi connectivity index (χ4v) is 2.74. The van der Waals surface area contributed by atoms with Crippen molar-refractivity contribution in [1.29, 1.82) is 0 Å². The van der Waals surface area contributed by atoms with Gasteiger partial charge in [-0.15, -0.1) is 0 Å². The highest BCUT2D eigenvalue weighted by atomic mass is 16.6. The summed E-state index contributed by atoms with van der Waals surface area (Å²) in [6.45, 7) is 1.25. The predicted octanol–water partition coefficient (Wildman–Crippen LogP) is -0.990. The van der Waals surface area contributed by atoms with Gasteiger partial charge >= 0.3 is 11.9 Å². The van der Waals surface area contributed by atoms with Gasteiger partial charge in [0.05, 0.1) is 6.42 Å². The molecule has 0 aromatic rings. The molecule has 4 atom stereocenters. The van der Waals surface area contributed by atoms with Gasteiger partial charge in [0.1, 0.15) is 12.2 Å². The van der Waals surface area contributed by atoms with Crippen LogP contribution >= 0.6 is 0 Å². The molecule has 0 bridgehead atoms. The molecule has 6 nitrogen and oxygen atoms in total. The number of hydrogen-bond acceptors (Lipinski definition) is 6. The molecule has 0 spiro atoms. The third-order valence-electron chi connectivity index (χ3n) is 3.29. The summed E-state index contributed by atoms with van der Waals surface area (Å²) in [6, 6.07) is 0. The molecule has 2 fully saturated rings. The normalized spacial score (nSPS) is 35.2. The van der Waals surface area contributed by atoms with Crippen LogP contribution in [0.4, 0.5) is 0 Å². The van der Waals surface area contributed by atoms with Gasteiger partial charge in [0, 0.05) is 24.7 Å². The van der Waals surface area contributed by atoms with Crippen LogP contribution in [0.15, 0.2) is 0 Å². The van der Waals surface area contributed by atoms with Gasteiger partial charge in [-0.3, -0.25) is 9.59 Å². The number of esters is 2. The third-order valence-corrected chi connectivity index (χ3v) is 3.29. The molecule has 1 heterocycles. The number of ether oxygens (including phenoxy) is 2. The first-order valence-electron chi connectivity index (χ1n) is 5.54. The first kappa shape index (κ1) is 11.9. The minimum Gasteiger partial charge on any atom is -0.550 e. The summed E-state index contributed by atoms with van der Waals surface area (Å²) in [5.74, 6) is -2.37. The maximum absolute atomic E-state index is 11.1. The second kappa shape index (κ2) is 4.35. The van der Waals surface area contributed by atoms with E-state index >= 15 is 0 Å². The van der Waals surface area contributed by atoms with Crippen molar-refractivity contribution in [3.8, 4) is 0 Å². The lowest BCUT2D eigenvalue weighted by molar-refractivity contribution is -0.307. The first-order valence-corrected chi connectivity index (χ1v) is 5.54. The molecule has 1 saturated carbocycles. The maximum atomic E-state index is 11.1. The highest BCUT2D eigenvalue weighted by Gasteiger charge is 2.51. The van der Waals surface area contributed by atoms with E-state index in [0.29, 0.717) is 6.42 Å². The van der Waals surface area contributed by atoms with Crippen molar-refractivity contribution >= 4 is 17.9 Å². The first-order chi connectivity index (χ1) is 7.97. The molecule has 94 valence electrons. The van der Waals surface area contributed by atoms with Gasteiger partial charge < -0.3 is 19.4 Å². The van der Waals surface area contributed by atoms with Crippen LogP contribution in [0.2, 0.25) is 0 Å². The number of fused-ring (bicyclic) bond motifs is 1. The Hall–Kier alpha value is -1.59. The van der Waals surface area contributed by atoms with Crippen LogP contribution in [-0.2, 0) is 23.9 Å². The van der Waals surface area contributed by atoms with Crippen molar-refractivity contribution in [3.63, 3.8) is 0 Å². The van der Waals surface area contributed by atoms with E-state index in [1.807, 2.05) is 0 Å². The summed E-state index contributed by atoms with van der Waals surface area (Å²) in [4.78, 5) is 32.7. The van der Waals surface area contributed by atoms with Crippen molar-refractivity contribution in [3.05, 3.63) is 0 Å². The Kier molecular flexibility index (Phi) is 3.04. The van der Waals surface area contributed by atoms with Gasteiger partial charge in [0.2, 0.25) is 0 Å². The molecule has 0 aromatic carbocycles. The van der Waals surface area contributed by atoms with Crippen LogP contribution < -0.4 is 5.11 Å². The summed E-state index contributed by atoms with van der Waals surface area (Å²) >= 11 is 0. The highest BCUT2D eigenvalue weighted by molar-refractivity contribution is 5.73. The number of rotatable bonds is 3. The SMILES string of the molecule is CC(=O)OC1C(CC(=O)[O-])CC2CC(=O)OC21. The average molecular weight is 241 g/mol. The Morgan fingerprint density at radius 3 is 2.82 bits per heavy atom. The maximum Gasteiger partial charge on any atom is 0.306 e. The second-order valence-corrected chi connectivity index (χ2v) is 4.56. The van der Waals surface area contributed by atoms with Crippen molar-refractivity contribution in [1.82, 2.24) is 0 Å². The number of carboxylic acids is 1. The average Bonchev–Trinajstić information content (AvgIpc) is 2.64. The van der Waals surface area contributed by atoms with Crippen LogP contribution in [0.3, 0.4) is 0 Å². The number of carbonyl (C=O) groups excluding carboxylic acids is 3. The molecule has 4 unspecified atom stereocenters. The Morgan fingerprint density at radius 2 is 2.24 bits per heavy atom. The topological polar surface area (TPSA) is 92.7 Å². The van der Waals surface area contributed by atoms with E-state index < -0.39 is 24.1 Å². The van der Waals surface area contributed by atoms with Gasteiger partial charge in [0.15, 0.2) is 0 Å². The van der Waals surface area contributed by atoms with Gasteiger partial charge in [-0.25, -0.2) is 0 Å². The van der Waals surface area contributed by atoms with Crippen LogP contribution in [0, 0.1) is 11.8 Å². The van der Waals surface area contributed by atoms with Crippen molar-refractivity contribution < 1.29 is 29.0 Å². The third kappa shape index (κ3) is 2.40. The van der Waals surface area contributed by atoms with E-state index in [0.717, 1.165) is 0 Å². The number of carbonyl (C=O) groups is 3. The van der Waals surface area contributed by atoms with E-state index in [-0.39, 0.29) is 30.6 Å². The highest BCUT2D eigenvalue weighted by Crippen LogP contribution is 2.43. The van der Waals surface area contributed by atoms with Crippen LogP contribution in [0.25, 0.3) is 0 Å². The minimum atomic E-state index is -1.18. The lowest BCUT2D eigenvalue weighted by Crippen LogP contribution is -2.36. The molecule has 1 saturated heterocycles. The Balaban J connectivity index is 2.10. The second-order valence-electron chi connectivity index (χ2n) is 4.56. The molecule has 1 aliphatic carbocycles. The summed E-state index contributed by atoms with van der Waals surface area (Å²) in [5.41, 5.74) is 0. The summed E-state index contributed by atoms with van der Waals surface area (Å²) in [7, 11) is 0. The van der Waals surface area contributed by atoms with Gasteiger partial charge in [0.25, 0.3) is 0 Å². The van der Waals surface area contributed by atoms with E-state index in [1.54, 1.807) is 0 Å². The fourth-order valence-electron chi connectivity index (χ4n) is 2.74. The zero-order chi connectivity index (χ0) is 12.6. The van der Waals surface area contributed by atoms with Crippen LogP contribution in [0.1, 0.15) is 26.2 Å². The smallest absolute Gasteiger partial charge is 0.306 e. The molecule has 2 rings (SSSR count). The molecular weight excluding hydrogens is 228 g/mol. The van der Waals surface area contributed by atoms with Gasteiger partial charge in [-0.05, 0) is 12.8 Å². The van der Waals surface area contributed by atoms with Crippen molar-refractivity contribution in [2.24, 2.45) is 11.8 Å². The quantitative estimate of drug-likeness (QED) is 0.589. The van der Waals surface area contributed by atoms with E-state index in [4.69, 9.17) is 9.47 Å². The van der Waals surface area contributed by atoms with E-state index in [2.05, 4.69) is 0 Å². The van der Waals surface area contributed by atoms with Gasteiger partial charge in [-0.2, -0.15) is 0 Å². The Bertz CT molecular complexity index is 363. The molecular formula is C11H13O6-. The summed E-state index contributed by atoms with van der Waals surface area (Å²) in [6.07, 6.45) is -0.533. The molecule has 0 N–H and O–H groups in total. The standard InChI is InChI=1S/C11H14O6/c1-5(12)16-10-6(3-8(13)14)2-7-4-9(15)17-11(7)10/h6-7,10-11H,2-4H2,1H3,(H,13,14)/p-1. The Morgan fingerprint density at radius 1 is 1.53 bits per heavy atom. The number of carboxylic acid groups (broad SMARTS) is 1. The lowest BCUT2D eigenvalue weighted by Gasteiger charge is -2.23. The largest absolute Gasteiger partial charge is 0.550 e. The monoisotopic (exact) mass is 241 g/mol. The van der Waals surface area contributed by atoms with Crippen molar-refractivity contribution in [2.75, 3.05) is 0 Å². The van der Waals surface area contributed by atoms with Crippen LogP contribution in [0.5, 0.6) is 0 Å². The van der Waals surface area contributed by atoms with Crippen LogP contribution in [-0.4, -0.2) is 30.1 Å². The lowest BCUT2D eigenvalue weighted by atomic mass is 9.99. The number of aliphatic carboxylic acids is 1. The molecule has 1 aliphatic heterocycles. The minimum absolute atomic E-state index is 0.0452. The van der Waals surface area contributed by atoms with Crippen molar-refractivity contribution in [2.45, 2.75) is 38.4 Å². The zero-order valence-corrected chi connectivity index (χ0v) is 9.38. The molecule has 6 heteroatoms. The zero-order valence-electron chi connectivity index (χ0n) is 9.38. The Labute approximate surface area is 97.9 Å². The number of hydrogen-bond donors (Lipinski definition) is 0. The summed E-state index contributed by atoms with van der Waals surface area (Å²) < 4.78 is 10.2. The fraction of sp³-hybridized carbons (Fsp3) is 0.727. The molecule has 17 heavy (non-hydrogen) atoms. The van der Waals surface area contributed by atoms with E-state index in [9.17, 15) is 19.5 Å². The predicted molar refractivity (Wildman–Crippen MR) is 51.3 cm³/mol. The van der Waals surface area contributed by atoms with E-state index in [1.165, 1.54) is 6.92 Å². The molecule has 0 radical (unpaired) electrons. The molecule has 0 amide bonds. The molecule has 2 aliphatic rings.